The van der Waals surface area contributed by atoms with E-state index < -0.39 is 0 Å². The van der Waals surface area contributed by atoms with Gasteiger partial charge in [-0.05, 0) is 63.5 Å². The first kappa shape index (κ1) is 17.7. The Bertz CT molecular complexity index is 807. The lowest BCUT2D eigenvalue weighted by atomic mass is 9.77. The predicted octanol–water partition coefficient (Wildman–Crippen LogP) is 6.40. The molecule has 0 heterocycles. The van der Waals surface area contributed by atoms with Gasteiger partial charge in [0.05, 0.1) is 7.11 Å². The summed E-state index contributed by atoms with van der Waals surface area (Å²) in [7, 11) is 1.70. The van der Waals surface area contributed by atoms with Gasteiger partial charge in [-0.15, -0.1) is 6.58 Å². The second kappa shape index (κ2) is 8.34. The molecule has 0 aliphatic rings. The van der Waals surface area contributed by atoms with Crippen LogP contribution in [0.3, 0.4) is 0 Å². The van der Waals surface area contributed by atoms with Crippen molar-refractivity contribution in [2.75, 3.05) is 7.11 Å². The van der Waals surface area contributed by atoms with E-state index in [1.807, 2.05) is 12.1 Å². The Balaban J connectivity index is 2.09. The SMILES string of the molecule is C=CC(c1ccccc1)C(c1ccc(I)cc1)c1ccc(OC)cc1. The van der Waals surface area contributed by atoms with Gasteiger partial charge in [-0.25, -0.2) is 0 Å². The number of hydrogen-bond donors (Lipinski definition) is 0. The molecule has 3 aromatic rings. The average Bonchev–Trinajstić information content (AvgIpc) is 2.68. The molecule has 2 heteroatoms. The van der Waals surface area contributed by atoms with Gasteiger partial charge in [-0.2, -0.15) is 0 Å². The maximum atomic E-state index is 5.32. The molecule has 2 atom stereocenters. The van der Waals surface area contributed by atoms with Gasteiger partial charge in [0.15, 0.2) is 0 Å². The summed E-state index contributed by atoms with van der Waals surface area (Å²) in [4.78, 5) is 0. The van der Waals surface area contributed by atoms with Gasteiger partial charge in [-0.1, -0.05) is 60.7 Å². The third-order valence-corrected chi connectivity index (χ3v) is 5.22. The highest BCUT2D eigenvalue weighted by Crippen LogP contribution is 2.39. The lowest BCUT2D eigenvalue weighted by Gasteiger charge is -2.26. The van der Waals surface area contributed by atoms with Crippen LogP contribution in [0.15, 0.2) is 91.5 Å². The summed E-state index contributed by atoms with van der Waals surface area (Å²) in [6.07, 6.45) is 2.06. The van der Waals surface area contributed by atoms with Crippen molar-refractivity contribution < 1.29 is 4.74 Å². The fraction of sp³-hybridized carbons (Fsp3) is 0.130. The van der Waals surface area contributed by atoms with E-state index in [4.69, 9.17) is 4.74 Å². The molecule has 0 saturated carbocycles. The highest BCUT2D eigenvalue weighted by Gasteiger charge is 2.24. The molecule has 0 fully saturated rings. The van der Waals surface area contributed by atoms with Crippen LogP contribution < -0.4 is 4.74 Å². The Morgan fingerprint density at radius 3 is 1.88 bits per heavy atom. The van der Waals surface area contributed by atoms with E-state index in [1.165, 1.54) is 20.3 Å². The third-order valence-electron chi connectivity index (χ3n) is 4.50. The minimum absolute atomic E-state index is 0.203. The molecular formula is C23H21IO. The van der Waals surface area contributed by atoms with Crippen LogP contribution in [0.4, 0.5) is 0 Å². The molecule has 0 amide bonds. The Morgan fingerprint density at radius 2 is 1.36 bits per heavy atom. The van der Waals surface area contributed by atoms with E-state index in [0.717, 1.165) is 5.75 Å². The number of hydrogen-bond acceptors (Lipinski definition) is 1. The first-order valence-corrected chi connectivity index (χ1v) is 9.37. The van der Waals surface area contributed by atoms with Crippen molar-refractivity contribution >= 4 is 22.6 Å². The summed E-state index contributed by atoms with van der Waals surface area (Å²) in [5, 5.41) is 0. The molecule has 0 bridgehead atoms. The second-order valence-electron chi connectivity index (χ2n) is 5.97. The summed E-state index contributed by atoms with van der Waals surface area (Å²) in [5.41, 5.74) is 3.83. The van der Waals surface area contributed by atoms with Gasteiger partial charge >= 0.3 is 0 Å². The first-order valence-electron chi connectivity index (χ1n) is 8.30. The summed E-state index contributed by atoms with van der Waals surface area (Å²) in [6.45, 7) is 4.13. The summed E-state index contributed by atoms with van der Waals surface area (Å²) < 4.78 is 6.56. The van der Waals surface area contributed by atoms with Crippen LogP contribution in [0.2, 0.25) is 0 Å². The van der Waals surface area contributed by atoms with Crippen molar-refractivity contribution in [1.29, 1.82) is 0 Å². The monoisotopic (exact) mass is 440 g/mol. The largest absolute Gasteiger partial charge is 0.497 e. The number of ether oxygens (including phenoxy) is 1. The van der Waals surface area contributed by atoms with Crippen molar-refractivity contribution in [2.24, 2.45) is 0 Å². The number of rotatable bonds is 6. The van der Waals surface area contributed by atoms with Crippen LogP contribution in [-0.2, 0) is 0 Å². The average molecular weight is 440 g/mol. The van der Waals surface area contributed by atoms with Crippen LogP contribution in [-0.4, -0.2) is 7.11 Å². The number of benzene rings is 3. The zero-order valence-corrected chi connectivity index (χ0v) is 16.4. The van der Waals surface area contributed by atoms with Gasteiger partial charge in [0, 0.05) is 15.4 Å². The standard InChI is InChI=1S/C23H21IO/c1-3-22(17-7-5-4-6-8-17)23(18-9-13-20(24)14-10-18)19-11-15-21(25-2)16-12-19/h3-16,22-23H,1H2,2H3. The molecule has 25 heavy (non-hydrogen) atoms. The van der Waals surface area contributed by atoms with Crippen LogP contribution in [0.5, 0.6) is 5.75 Å². The van der Waals surface area contributed by atoms with Crippen molar-refractivity contribution in [1.82, 2.24) is 0 Å². The Kier molecular flexibility index (Phi) is 5.92. The molecule has 0 radical (unpaired) electrons. The lowest BCUT2D eigenvalue weighted by molar-refractivity contribution is 0.414. The number of halogens is 1. The summed E-state index contributed by atoms with van der Waals surface area (Å²) in [5.74, 6) is 1.29. The molecule has 1 nitrogen and oxygen atoms in total. The first-order chi connectivity index (χ1) is 12.2. The fourth-order valence-electron chi connectivity index (χ4n) is 3.23. The molecule has 0 saturated heterocycles. The molecule has 0 N–H and O–H groups in total. The highest BCUT2D eigenvalue weighted by molar-refractivity contribution is 14.1. The predicted molar refractivity (Wildman–Crippen MR) is 113 cm³/mol. The van der Waals surface area contributed by atoms with Crippen LogP contribution in [0.25, 0.3) is 0 Å². The van der Waals surface area contributed by atoms with E-state index in [9.17, 15) is 0 Å². The molecule has 0 spiro atoms. The topological polar surface area (TPSA) is 9.23 Å². The zero-order chi connectivity index (χ0) is 17.6. The molecule has 0 aliphatic carbocycles. The van der Waals surface area contributed by atoms with Crippen molar-refractivity contribution in [3.05, 3.63) is 112 Å². The minimum atomic E-state index is 0.203. The fourth-order valence-corrected chi connectivity index (χ4v) is 3.59. The maximum Gasteiger partial charge on any atom is 0.118 e. The minimum Gasteiger partial charge on any atom is -0.497 e. The molecule has 0 aromatic heterocycles. The van der Waals surface area contributed by atoms with Gasteiger partial charge in [0.25, 0.3) is 0 Å². The van der Waals surface area contributed by atoms with Crippen molar-refractivity contribution in [3.8, 4) is 5.75 Å². The van der Waals surface area contributed by atoms with Gasteiger partial charge in [0.1, 0.15) is 5.75 Å². The van der Waals surface area contributed by atoms with E-state index >= 15 is 0 Å². The number of methoxy groups -OCH3 is 1. The van der Waals surface area contributed by atoms with E-state index in [0.29, 0.717) is 0 Å². The lowest BCUT2D eigenvalue weighted by Crippen LogP contribution is -2.11. The van der Waals surface area contributed by atoms with E-state index in [-0.39, 0.29) is 11.8 Å². The third kappa shape index (κ3) is 4.13. The molecule has 2 unspecified atom stereocenters. The Morgan fingerprint density at radius 1 is 0.800 bits per heavy atom. The Labute approximate surface area is 163 Å². The van der Waals surface area contributed by atoms with Gasteiger partial charge in [-0.3, -0.25) is 0 Å². The van der Waals surface area contributed by atoms with E-state index in [2.05, 4.69) is 102 Å². The number of allylic oxidation sites excluding steroid dienone is 1. The highest BCUT2D eigenvalue weighted by atomic mass is 127. The van der Waals surface area contributed by atoms with Gasteiger partial charge in [0.2, 0.25) is 0 Å². The molecule has 0 aliphatic heterocycles. The van der Waals surface area contributed by atoms with E-state index in [1.54, 1.807) is 7.11 Å². The van der Waals surface area contributed by atoms with Crippen LogP contribution >= 0.6 is 22.6 Å². The molecular weight excluding hydrogens is 419 g/mol. The van der Waals surface area contributed by atoms with Crippen LogP contribution in [0.1, 0.15) is 28.5 Å². The van der Waals surface area contributed by atoms with Crippen molar-refractivity contribution in [3.63, 3.8) is 0 Å². The second-order valence-corrected chi connectivity index (χ2v) is 7.22. The summed E-state index contributed by atoms with van der Waals surface area (Å²) in [6, 6.07) is 27.7. The van der Waals surface area contributed by atoms with Gasteiger partial charge < -0.3 is 4.74 Å². The normalized spacial score (nSPS) is 13.0. The quantitative estimate of drug-likeness (QED) is 0.318. The molecule has 3 rings (SSSR count). The van der Waals surface area contributed by atoms with Crippen LogP contribution in [0, 0.1) is 3.57 Å². The smallest absolute Gasteiger partial charge is 0.118 e. The Hall–Kier alpha value is -2.07. The van der Waals surface area contributed by atoms with Crippen molar-refractivity contribution in [2.45, 2.75) is 11.8 Å². The molecule has 126 valence electrons. The molecule has 3 aromatic carbocycles. The maximum absolute atomic E-state index is 5.32. The summed E-state index contributed by atoms with van der Waals surface area (Å²) >= 11 is 2.35. The zero-order valence-electron chi connectivity index (χ0n) is 14.2.